The van der Waals surface area contributed by atoms with Crippen molar-refractivity contribution >= 4 is 17.1 Å². The molecule has 2 aromatic carbocycles. The van der Waals surface area contributed by atoms with Gasteiger partial charge in [0.2, 0.25) is 5.95 Å². The van der Waals surface area contributed by atoms with Gasteiger partial charge in [0.05, 0.1) is 6.54 Å². The van der Waals surface area contributed by atoms with E-state index in [0.29, 0.717) is 30.4 Å². The Hall–Kier alpha value is -3.89. The predicted octanol–water partition coefficient (Wildman–Crippen LogP) is 1.19. The maximum atomic E-state index is 12.8. The van der Waals surface area contributed by atoms with Gasteiger partial charge in [-0.2, -0.15) is 4.98 Å². The molecule has 2 N–H and O–H groups in total. The molecule has 4 aromatic rings. The van der Waals surface area contributed by atoms with Crippen LogP contribution in [0.5, 0.6) is 5.75 Å². The average molecular weight is 491 g/mol. The highest BCUT2D eigenvalue weighted by Gasteiger charge is 2.26. The molecule has 1 aliphatic rings. The number of nitrogens with zero attached hydrogens (tertiary/aromatic N) is 5. The van der Waals surface area contributed by atoms with Crippen molar-refractivity contribution < 1.29 is 9.84 Å². The number of fused-ring (bicyclic) bond motifs is 1. The fraction of sp³-hybridized carbons (Fsp3) is 0.346. The van der Waals surface area contributed by atoms with E-state index in [1.165, 1.54) is 10.1 Å². The van der Waals surface area contributed by atoms with Crippen molar-refractivity contribution in [3.63, 3.8) is 0 Å². The van der Waals surface area contributed by atoms with Gasteiger partial charge in [-0.05, 0) is 17.7 Å². The van der Waals surface area contributed by atoms with E-state index in [9.17, 15) is 14.7 Å². The van der Waals surface area contributed by atoms with Gasteiger partial charge >= 0.3 is 5.69 Å². The molecule has 1 unspecified atom stereocenters. The molecule has 5 rings (SSSR count). The molecule has 188 valence electrons. The van der Waals surface area contributed by atoms with Crippen molar-refractivity contribution in [2.45, 2.75) is 19.2 Å². The van der Waals surface area contributed by atoms with Crippen LogP contribution in [0.3, 0.4) is 0 Å². The van der Waals surface area contributed by atoms with E-state index in [1.54, 1.807) is 11.6 Å². The van der Waals surface area contributed by atoms with Crippen molar-refractivity contribution in [2.75, 3.05) is 37.7 Å². The van der Waals surface area contributed by atoms with Crippen LogP contribution in [-0.2, 0) is 20.1 Å². The largest absolute Gasteiger partial charge is 0.491 e. The van der Waals surface area contributed by atoms with Crippen LogP contribution in [0.1, 0.15) is 5.56 Å². The molecular formula is C26H30N6O4. The number of benzene rings is 2. The molecule has 0 aliphatic carbocycles. The molecule has 0 radical (unpaired) electrons. The number of anilines is 1. The maximum Gasteiger partial charge on any atom is 0.329 e. The fourth-order valence-corrected chi connectivity index (χ4v) is 4.56. The summed E-state index contributed by atoms with van der Waals surface area (Å²) in [6.07, 6.45) is -0.891. The van der Waals surface area contributed by atoms with E-state index < -0.39 is 17.4 Å². The number of piperazine rings is 1. The van der Waals surface area contributed by atoms with Crippen LogP contribution in [0.2, 0.25) is 0 Å². The SMILES string of the molecule is Cn1c(=O)[nH]c(=O)c2c1nc(N1CCN(Cc3ccccc3)CC1)n2CC(O)COc1ccccc1. The number of imidazole rings is 1. The summed E-state index contributed by atoms with van der Waals surface area (Å²) in [5, 5.41) is 10.8. The normalized spacial score (nSPS) is 15.3. The van der Waals surface area contributed by atoms with E-state index in [4.69, 9.17) is 9.72 Å². The molecule has 1 fully saturated rings. The van der Waals surface area contributed by atoms with Crippen molar-refractivity contribution in [3.05, 3.63) is 87.1 Å². The van der Waals surface area contributed by atoms with Crippen LogP contribution in [0.4, 0.5) is 5.95 Å². The second-order valence-corrected chi connectivity index (χ2v) is 9.04. The molecule has 0 saturated carbocycles. The zero-order valence-electron chi connectivity index (χ0n) is 20.2. The van der Waals surface area contributed by atoms with Gasteiger partial charge in [-0.3, -0.25) is 19.2 Å². The first-order valence-electron chi connectivity index (χ1n) is 12.1. The quantitative estimate of drug-likeness (QED) is 0.382. The van der Waals surface area contributed by atoms with Crippen LogP contribution in [-0.4, -0.2) is 68.0 Å². The molecule has 0 spiro atoms. The zero-order valence-corrected chi connectivity index (χ0v) is 20.2. The topological polar surface area (TPSA) is 109 Å². The molecule has 36 heavy (non-hydrogen) atoms. The van der Waals surface area contributed by atoms with E-state index in [2.05, 4.69) is 26.9 Å². The Balaban J connectivity index is 1.38. The number of ether oxygens (including phenoxy) is 1. The first-order chi connectivity index (χ1) is 17.5. The molecule has 1 aliphatic heterocycles. The maximum absolute atomic E-state index is 12.8. The first kappa shape index (κ1) is 23.8. The summed E-state index contributed by atoms with van der Waals surface area (Å²) in [5.74, 6) is 1.22. The van der Waals surface area contributed by atoms with Crippen molar-refractivity contribution in [1.29, 1.82) is 0 Å². The molecule has 0 bridgehead atoms. The highest BCUT2D eigenvalue weighted by molar-refractivity contribution is 5.74. The molecule has 2 aromatic heterocycles. The highest BCUT2D eigenvalue weighted by Crippen LogP contribution is 2.22. The number of aromatic nitrogens is 4. The molecule has 0 amide bonds. The Morgan fingerprint density at radius 1 is 1.00 bits per heavy atom. The second-order valence-electron chi connectivity index (χ2n) is 9.04. The number of para-hydroxylation sites is 1. The number of aryl methyl sites for hydroxylation is 1. The third-order valence-electron chi connectivity index (χ3n) is 6.47. The highest BCUT2D eigenvalue weighted by atomic mass is 16.5. The minimum atomic E-state index is -0.891. The lowest BCUT2D eigenvalue weighted by atomic mass is 10.2. The van der Waals surface area contributed by atoms with Gasteiger partial charge in [0.25, 0.3) is 5.56 Å². The summed E-state index contributed by atoms with van der Waals surface area (Å²) < 4.78 is 8.75. The third-order valence-corrected chi connectivity index (χ3v) is 6.47. The van der Waals surface area contributed by atoms with Crippen molar-refractivity contribution in [1.82, 2.24) is 24.0 Å². The molecule has 10 heteroatoms. The summed E-state index contributed by atoms with van der Waals surface area (Å²) in [6, 6.07) is 19.6. The predicted molar refractivity (Wildman–Crippen MR) is 137 cm³/mol. The van der Waals surface area contributed by atoms with Gasteiger partial charge in [0.15, 0.2) is 11.2 Å². The Labute approximate surface area is 208 Å². The van der Waals surface area contributed by atoms with E-state index in [-0.39, 0.29) is 18.7 Å². The molecule has 10 nitrogen and oxygen atoms in total. The molecule has 1 atom stereocenters. The lowest BCUT2D eigenvalue weighted by Crippen LogP contribution is -2.47. The van der Waals surface area contributed by atoms with Crippen molar-refractivity contribution in [2.24, 2.45) is 7.05 Å². The standard InChI is InChI=1S/C26H30N6O4/c1-29-23-22(24(34)28-26(29)35)32(17-20(33)18-36-21-10-6-3-7-11-21)25(27-23)31-14-12-30(13-15-31)16-19-8-4-2-5-9-19/h2-11,20,33H,12-18H2,1H3,(H,28,34,35). The van der Waals surface area contributed by atoms with E-state index in [0.717, 1.165) is 19.6 Å². The van der Waals surface area contributed by atoms with Gasteiger partial charge in [-0.15, -0.1) is 0 Å². The molecular weight excluding hydrogens is 460 g/mol. The van der Waals surface area contributed by atoms with Crippen LogP contribution in [0.15, 0.2) is 70.3 Å². The van der Waals surface area contributed by atoms with E-state index in [1.807, 2.05) is 48.5 Å². The van der Waals surface area contributed by atoms with Gasteiger partial charge in [0, 0.05) is 39.8 Å². The average Bonchev–Trinajstić information content (AvgIpc) is 3.27. The smallest absolute Gasteiger partial charge is 0.329 e. The Kier molecular flexibility index (Phi) is 6.88. The van der Waals surface area contributed by atoms with Crippen LogP contribution in [0, 0.1) is 0 Å². The summed E-state index contributed by atoms with van der Waals surface area (Å²) in [7, 11) is 1.58. The van der Waals surface area contributed by atoms with Crippen LogP contribution < -0.4 is 20.9 Å². The number of aliphatic hydroxyl groups excluding tert-OH is 1. The Morgan fingerprint density at radius 3 is 2.36 bits per heavy atom. The summed E-state index contributed by atoms with van der Waals surface area (Å²) >= 11 is 0. The first-order valence-corrected chi connectivity index (χ1v) is 12.1. The summed E-state index contributed by atoms with van der Waals surface area (Å²) in [6.45, 7) is 4.09. The van der Waals surface area contributed by atoms with E-state index >= 15 is 0 Å². The van der Waals surface area contributed by atoms with Crippen LogP contribution in [0.25, 0.3) is 11.2 Å². The number of hydrogen-bond donors (Lipinski definition) is 2. The van der Waals surface area contributed by atoms with Crippen molar-refractivity contribution in [3.8, 4) is 5.75 Å². The Morgan fingerprint density at radius 2 is 1.67 bits per heavy atom. The molecule has 1 saturated heterocycles. The molecule has 3 heterocycles. The van der Waals surface area contributed by atoms with Gasteiger partial charge in [-0.1, -0.05) is 48.5 Å². The zero-order chi connectivity index (χ0) is 25.1. The lowest BCUT2D eigenvalue weighted by molar-refractivity contribution is 0.0935. The Bertz CT molecular complexity index is 1420. The number of aromatic amines is 1. The number of H-pyrrole nitrogens is 1. The number of nitrogens with one attached hydrogen (secondary N) is 1. The number of hydrogen-bond acceptors (Lipinski definition) is 7. The second kappa shape index (κ2) is 10.4. The monoisotopic (exact) mass is 490 g/mol. The lowest BCUT2D eigenvalue weighted by Gasteiger charge is -2.35. The van der Waals surface area contributed by atoms with Crippen LogP contribution >= 0.6 is 0 Å². The minimum Gasteiger partial charge on any atom is -0.491 e. The fourth-order valence-electron chi connectivity index (χ4n) is 4.56. The number of rotatable bonds is 8. The van der Waals surface area contributed by atoms with Gasteiger partial charge < -0.3 is 19.3 Å². The van der Waals surface area contributed by atoms with Gasteiger partial charge in [0.1, 0.15) is 18.5 Å². The minimum absolute atomic E-state index is 0.0532. The third kappa shape index (κ3) is 5.05. The summed E-state index contributed by atoms with van der Waals surface area (Å²) in [4.78, 5) is 36.6. The number of aliphatic hydroxyl groups is 1. The summed E-state index contributed by atoms with van der Waals surface area (Å²) in [5.41, 5.74) is 0.774. The van der Waals surface area contributed by atoms with Gasteiger partial charge in [-0.25, -0.2) is 4.79 Å².